The molecule has 1 heterocycles. The van der Waals surface area contributed by atoms with E-state index in [1.807, 2.05) is 0 Å². The van der Waals surface area contributed by atoms with Gasteiger partial charge in [0.2, 0.25) is 5.91 Å². The maximum absolute atomic E-state index is 12.2. The molecule has 1 N–H and O–H groups in total. The average molecular weight is 266 g/mol. The molecule has 0 atom stereocenters. The fraction of sp³-hybridized carbons (Fsp3) is 0.818. The summed E-state index contributed by atoms with van der Waals surface area (Å²) in [5.41, 5.74) is 0. The molecule has 4 nitrogen and oxygen atoms in total. The van der Waals surface area contributed by atoms with E-state index in [2.05, 4.69) is 5.32 Å². The lowest BCUT2D eigenvalue weighted by molar-refractivity contribution is -0.186. The van der Waals surface area contributed by atoms with Crippen LogP contribution in [0.3, 0.4) is 0 Å². The van der Waals surface area contributed by atoms with E-state index in [0.29, 0.717) is 25.8 Å². The molecule has 7 heteroatoms. The Morgan fingerprint density at radius 1 is 1.28 bits per heavy atom. The van der Waals surface area contributed by atoms with E-state index < -0.39 is 12.1 Å². The van der Waals surface area contributed by atoms with Crippen molar-refractivity contribution in [2.45, 2.75) is 32.4 Å². The van der Waals surface area contributed by atoms with Crippen LogP contribution in [0.5, 0.6) is 0 Å². The number of halogens is 3. The Morgan fingerprint density at radius 3 is 2.28 bits per heavy atom. The third-order valence-electron chi connectivity index (χ3n) is 3.05. The second kappa shape index (κ2) is 6.06. The normalized spacial score (nSPS) is 17.7. The Balaban J connectivity index is 2.33. The third kappa shape index (κ3) is 4.19. The van der Waals surface area contributed by atoms with Gasteiger partial charge in [-0.05, 0) is 18.8 Å². The molecule has 0 aliphatic carbocycles. The molecule has 0 aromatic carbocycles. The van der Waals surface area contributed by atoms with Crippen molar-refractivity contribution in [2.75, 3.05) is 19.6 Å². The molecule has 0 radical (unpaired) electrons. The molecule has 0 aromatic heterocycles. The van der Waals surface area contributed by atoms with Crippen LogP contribution in [-0.2, 0) is 9.59 Å². The molecular weight excluding hydrogens is 249 g/mol. The highest BCUT2D eigenvalue weighted by Crippen LogP contribution is 2.23. The summed E-state index contributed by atoms with van der Waals surface area (Å²) < 4.78 is 36.5. The fourth-order valence-electron chi connectivity index (χ4n) is 1.90. The van der Waals surface area contributed by atoms with Crippen LogP contribution in [0.15, 0.2) is 0 Å². The Morgan fingerprint density at radius 2 is 1.83 bits per heavy atom. The smallest absolute Gasteiger partial charge is 0.356 e. The van der Waals surface area contributed by atoms with Gasteiger partial charge < -0.3 is 10.2 Å². The van der Waals surface area contributed by atoms with Crippen molar-refractivity contribution in [1.82, 2.24) is 10.2 Å². The molecule has 0 aromatic rings. The molecule has 0 spiro atoms. The van der Waals surface area contributed by atoms with Crippen molar-refractivity contribution in [3.63, 3.8) is 0 Å². The van der Waals surface area contributed by atoms with E-state index in [-0.39, 0.29) is 24.9 Å². The lowest BCUT2D eigenvalue weighted by Crippen LogP contribution is -2.46. The fourth-order valence-corrected chi connectivity index (χ4v) is 1.90. The molecule has 1 fully saturated rings. The molecule has 1 saturated heterocycles. The van der Waals surface area contributed by atoms with Gasteiger partial charge in [0.1, 0.15) is 0 Å². The number of alkyl halides is 3. The van der Waals surface area contributed by atoms with Crippen molar-refractivity contribution < 1.29 is 22.8 Å². The molecule has 1 aliphatic rings. The lowest BCUT2D eigenvalue weighted by Gasteiger charge is -2.32. The first kappa shape index (κ1) is 14.8. The largest absolute Gasteiger partial charge is 0.471 e. The second-order valence-electron chi connectivity index (χ2n) is 4.39. The predicted molar refractivity (Wildman–Crippen MR) is 58.7 cm³/mol. The highest BCUT2D eigenvalue weighted by atomic mass is 19.4. The van der Waals surface area contributed by atoms with E-state index in [9.17, 15) is 22.8 Å². The van der Waals surface area contributed by atoms with Crippen LogP contribution in [0, 0.1) is 5.92 Å². The van der Waals surface area contributed by atoms with Gasteiger partial charge in [-0.1, -0.05) is 6.92 Å². The standard InChI is InChI=1S/C11H17F3N2O2/c1-2-9(17)15-7-8-3-5-16(6-4-8)10(18)11(12,13)14/h8H,2-7H2,1H3,(H,15,17). The molecule has 1 rings (SSSR count). The first-order valence-electron chi connectivity index (χ1n) is 5.97. The minimum Gasteiger partial charge on any atom is -0.356 e. The summed E-state index contributed by atoms with van der Waals surface area (Å²) in [5, 5.41) is 2.71. The van der Waals surface area contributed by atoms with E-state index in [1.54, 1.807) is 6.92 Å². The second-order valence-corrected chi connectivity index (χ2v) is 4.39. The molecule has 0 bridgehead atoms. The lowest BCUT2D eigenvalue weighted by atomic mass is 9.96. The van der Waals surface area contributed by atoms with Gasteiger partial charge in [-0.3, -0.25) is 9.59 Å². The van der Waals surface area contributed by atoms with E-state index in [0.717, 1.165) is 4.90 Å². The Kier molecular flexibility index (Phi) is 4.98. The zero-order valence-corrected chi connectivity index (χ0v) is 10.2. The molecule has 0 saturated carbocycles. The number of rotatable bonds is 3. The summed E-state index contributed by atoms with van der Waals surface area (Å²) in [4.78, 5) is 22.8. The van der Waals surface area contributed by atoms with Gasteiger partial charge in [0.15, 0.2) is 0 Å². The predicted octanol–water partition coefficient (Wildman–Crippen LogP) is 1.31. The summed E-state index contributed by atoms with van der Waals surface area (Å²) in [5.74, 6) is -1.68. The van der Waals surface area contributed by atoms with E-state index in [4.69, 9.17) is 0 Å². The highest BCUT2D eigenvalue weighted by Gasteiger charge is 2.43. The summed E-state index contributed by atoms with van der Waals surface area (Å²) in [6, 6.07) is 0. The van der Waals surface area contributed by atoms with Crippen molar-refractivity contribution in [2.24, 2.45) is 5.92 Å². The van der Waals surface area contributed by atoms with Gasteiger partial charge in [-0.25, -0.2) is 0 Å². The number of nitrogens with zero attached hydrogens (tertiary/aromatic N) is 1. The quantitative estimate of drug-likeness (QED) is 0.837. The summed E-state index contributed by atoms with van der Waals surface area (Å²) >= 11 is 0. The molecule has 0 unspecified atom stereocenters. The highest BCUT2D eigenvalue weighted by molar-refractivity contribution is 5.81. The number of hydrogen-bond acceptors (Lipinski definition) is 2. The van der Waals surface area contributed by atoms with Gasteiger partial charge >= 0.3 is 12.1 Å². The van der Waals surface area contributed by atoms with Gasteiger partial charge in [0, 0.05) is 26.1 Å². The van der Waals surface area contributed by atoms with Crippen molar-refractivity contribution in [1.29, 1.82) is 0 Å². The van der Waals surface area contributed by atoms with E-state index >= 15 is 0 Å². The van der Waals surface area contributed by atoms with Crippen molar-refractivity contribution in [3.05, 3.63) is 0 Å². The Labute approximate surface area is 104 Å². The molecule has 104 valence electrons. The molecule has 2 amide bonds. The molecule has 18 heavy (non-hydrogen) atoms. The van der Waals surface area contributed by atoms with Crippen LogP contribution in [-0.4, -0.2) is 42.5 Å². The van der Waals surface area contributed by atoms with Crippen molar-refractivity contribution >= 4 is 11.8 Å². The SMILES string of the molecule is CCC(=O)NCC1CCN(C(=O)C(F)(F)F)CC1. The number of amides is 2. The first-order chi connectivity index (χ1) is 8.34. The van der Waals surface area contributed by atoms with Crippen LogP contribution < -0.4 is 5.32 Å². The number of hydrogen-bond donors (Lipinski definition) is 1. The van der Waals surface area contributed by atoms with E-state index in [1.165, 1.54) is 0 Å². The van der Waals surface area contributed by atoms with Crippen LogP contribution in [0.2, 0.25) is 0 Å². The average Bonchev–Trinajstić information content (AvgIpc) is 2.34. The Hall–Kier alpha value is -1.27. The van der Waals surface area contributed by atoms with Crippen LogP contribution in [0.25, 0.3) is 0 Å². The molecule has 1 aliphatic heterocycles. The first-order valence-corrected chi connectivity index (χ1v) is 5.97. The zero-order chi connectivity index (χ0) is 13.8. The van der Waals surface area contributed by atoms with Gasteiger partial charge in [0.25, 0.3) is 0 Å². The number of likely N-dealkylation sites (tertiary alicyclic amines) is 1. The van der Waals surface area contributed by atoms with Gasteiger partial charge in [0.05, 0.1) is 0 Å². The van der Waals surface area contributed by atoms with Gasteiger partial charge in [-0.2, -0.15) is 13.2 Å². The number of nitrogens with one attached hydrogen (secondary N) is 1. The summed E-state index contributed by atoms with van der Waals surface area (Å²) in [6.07, 6.45) is -3.41. The van der Waals surface area contributed by atoms with Gasteiger partial charge in [-0.15, -0.1) is 0 Å². The van der Waals surface area contributed by atoms with Crippen LogP contribution in [0.1, 0.15) is 26.2 Å². The number of carbonyl (C=O) groups is 2. The third-order valence-corrected chi connectivity index (χ3v) is 3.05. The van der Waals surface area contributed by atoms with Crippen LogP contribution in [0.4, 0.5) is 13.2 Å². The summed E-state index contributed by atoms with van der Waals surface area (Å²) in [7, 11) is 0. The minimum absolute atomic E-state index is 0.0659. The summed E-state index contributed by atoms with van der Waals surface area (Å²) in [6.45, 7) is 2.41. The zero-order valence-electron chi connectivity index (χ0n) is 10.2. The minimum atomic E-state index is -4.79. The Bertz CT molecular complexity index is 310. The monoisotopic (exact) mass is 266 g/mol. The number of carbonyl (C=O) groups excluding carboxylic acids is 2. The topological polar surface area (TPSA) is 49.4 Å². The maximum atomic E-state index is 12.2. The number of piperidine rings is 1. The van der Waals surface area contributed by atoms with Crippen LogP contribution >= 0.6 is 0 Å². The van der Waals surface area contributed by atoms with Crippen molar-refractivity contribution in [3.8, 4) is 0 Å². The maximum Gasteiger partial charge on any atom is 0.471 e. The molecular formula is C11H17F3N2O2.